The van der Waals surface area contributed by atoms with Gasteiger partial charge in [0.1, 0.15) is 18.4 Å². The number of nitrogens with zero attached hydrogens (tertiary/aromatic N) is 1. The highest BCUT2D eigenvalue weighted by molar-refractivity contribution is 6.30. The van der Waals surface area contributed by atoms with Crippen molar-refractivity contribution in [2.45, 2.75) is 25.6 Å². The molecule has 1 aliphatic carbocycles. The molecule has 1 aromatic carbocycles. The average Bonchev–Trinajstić information content (AvgIpc) is 3.16. The Hall–Kier alpha value is -2.76. The van der Waals surface area contributed by atoms with Gasteiger partial charge in [0.15, 0.2) is 11.5 Å². The maximum atomic E-state index is 11.1. The van der Waals surface area contributed by atoms with Crippen LogP contribution in [-0.2, 0) is 16.1 Å². The van der Waals surface area contributed by atoms with Gasteiger partial charge in [0.25, 0.3) is 0 Å². The third-order valence-electron chi connectivity index (χ3n) is 4.88. The molecule has 2 heterocycles. The first-order valence-electron chi connectivity index (χ1n) is 9.12. The van der Waals surface area contributed by atoms with E-state index in [1.807, 2.05) is 42.5 Å². The highest BCUT2D eigenvalue weighted by atomic mass is 35.5. The third kappa shape index (κ3) is 3.63. The van der Waals surface area contributed by atoms with Crippen molar-refractivity contribution in [2.75, 3.05) is 7.11 Å². The van der Waals surface area contributed by atoms with Crippen molar-refractivity contribution in [3.8, 4) is 0 Å². The molecule has 0 bridgehead atoms. The van der Waals surface area contributed by atoms with Gasteiger partial charge in [-0.1, -0.05) is 23.7 Å². The van der Waals surface area contributed by atoms with Crippen LogP contribution < -0.4 is 0 Å². The standard InChI is InChI=1S/C22H21ClN2O3/c1-27-21-17(20(26)18-12-25-22-16(18)5-3-11-24-22)4-2-6-19(21)28-13-14-7-9-15(23)10-8-14/h3,5-12,20,26H,2,4,13H2,1H3,(H,24,25). The van der Waals surface area contributed by atoms with Crippen molar-refractivity contribution in [3.05, 3.63) is 88.1 Å². The van der Waals surface area contributed by atoms with Gasteiger partial charge >= 0.3 is 0 Å². The number of aromatic amines is 1. The molecule has 4 rings (SSSR count). The number of nitrogens with one attached hydrogen (secondary N) is 1. The number of allylic oxidation sites excluding steroid dienone is 1. The highest BCUT2D eigenvalue weighted by Gasteiger charge is 2.26. The Balaban J connectivity index is 1.59. The zero-order chi connectivity index (χ0) is 19.5. The van der Waals surface area contributed by atoms with Gasteiger partial charge in [0.05, 0.1) is 7.11 Å². The summed E-state index contributed by atoms with van der Waals surface area (Å²) < 4.78 is 11.6. The molecule has 2 aromatic heterocycles. The zero-order valence-corrected chi connectivity index (χ0v) is 16.2. The van der Waals surface area contributed by atoms with Gasteiger partial charge in [0.2, 0.25) is 0 Å². The lowest BCUT2D eigenvalue weighted by molar-refractivity contribution is 0.146. The first-order valence-corrected chi connectivity index (χ1v) is 9.50. The average molecular weight is 397 g/mol. The van der Waals surface area contributed by atoms with E-state index >= 15 is 0 Å². The Kier molecular flexibility index (Phi) is 5.37. The van der Waals surface area contributed by atoms with Crippen LogP contribution in [0.4, 0.5) is 0 Å². The van der Waals surface area contributed by atoms with Gasteiger partial charge in [-0.05, 0) is 48.7 Å². The summed E-state index contributed by atoms with van der Waals surface area (Å²) in [7, 11) is 1.60. The Morgan fingerprint density at radius 1 is 1.25 bits per heavy atom. The molecule has 3 aromatic rings. The molecule has 0 amide bonds. The van der Waals surface area contributed by atoms with Gasteiger partial charge in [-0.15, -0.1) is 0 Å². The smallest absolute Gasteiger partial charge is 0.162 e. The number of hydrogen-bond acceptors (Lipinski definition) is 4. The lowest BCUT2D eigenvalue weighted by Gasteiger charge is -2.24. The van der Waals surface area contributed by atoms with Crippen molar-refractivity contribution in [1.29, 1.82) is 0 Å². The molecular weight excluding hydrogens is 376 g/mol. The molecule has 0 fully saturated rings. The summed E-state index contributed by atoms with van der Waals surface area (Å²) in [5.74, 6) is 1.24. The second-order valence-corrected chi connectivity index (χ2v) is 7.06. The van der Waals surface area contributed by atoms with Crippen LogP contribution >= 0.6 is 11.6 Å². The van der Waals surface area contributed by atoms with E-state index in [0.29, 0.717) is 29.6 Å². The van der Waals surface area contributed by atoms with E-state index < -0.39 is 6.10 Å². The van der Waals surface area contributed by atoms with Crippen LogP contribution in [0.5, 0.6) is 0 Å². The van der Waals surface area contributed by atoms with Crippen molar-refractivity contribution < 1.29 is 14.6 Å². The summed E-state index contributed by atoms with van der Waals surface area (Å²) in [5, 5.41) is 12.7. The maximum Gasteiger partial charge on any atom is 0.162 e. The minimum Gasteiger partial charge on any atom is -0.493 e. The van der Waals surface area contributed by atoms with Gasteiger partial charge in [0, 0.05) is 33.9 Å². The molecule has 1 atom stereocenters. The molecule has 0 saturated heterocycles. The zero-order valence-electron chi connectivity index (χ0n) is 15.5. The molecule has 1 unspecified atom stereocenters. The summed E-state index contributed by atoms with van der Waals surface area (Å²) in [6.45, 7) is 0.399. The Labute approximate surface area is 168 Å². The van der Waals surface area contributed by atoms with Crippen LogP contribution in [0.2, 0.25) is 5.02 Å². The fourth-order valence-electron chi connectivity index (χ4n) is 3.47. The third-order valence-corrected chi connectivity index (χ3v) is 5.13. The summed E-state index contributed by atoms with van der Waals surface area (Å²) in [6.07, 6.45) is 6.20. The Morgan fingerprint density at radius 3 is 2.86 bits per heavy atom. The van der Waals surface area contributed by atoms with E-state index in [4.69, 9.17) is 21.1 Å². The van der Waals surface area contributed by atoms with Gasteiger partial charge in [-0.3, -0.25) is 0 Å². The molecule has 1 aliphatic rings. The topological polar surface area (TPSA) is 67.4 Å². The van der Waals surface area contributed by atoms with Crippen LogP contribution in [0, 0.1) is 0 Å². The molecule has 5 nitrogen and oxygen atoms in total. The molecule has 2 N–H and O–H groups in total. The molecule has 6 heteroatoms. The minimum atomic E-state index is -0.796. The quantitative estimate of drug-likeness (QED) is 0.612. The summed E-state index contributed by atoms with van der Waals surface area (Å²) >= 11 is 5.94. The largest absolute Gasteiger partial charge is 0.493 e. The number of fused-ring (bicyclic) bond motifs is 1. The van der Waals surface area contributed by atoms with E-state index in [1.54, 1.807) is 19.5 Å². The van der Waals surface area contributed by atoms with Gasteiger partial charge in [-0.25, -0.2) is 4.98 Å². The number of benzene rings is 1. The van der Waals surface area contributed by atoms with Crippen molar-refractivity contribution in [3.63, 3.8) is 0 Å². The normalized spacial score (nSPS) is 15.5. The molecule has 0 radical (unpaired) electrons. The number of aliphatic hydroxyl groups is 1. The number of H-pyrrole nitrogens is 1. The number of aromatic nitrogens is 2. The lowest BCUT2D eigenvalue weighted by atomic mass is 9.93. The summed E-state index contributed by atoms with van der Waals surface area (Å²) in [6, 6.07) is 11.3. The number of aliphatic hydroxyl groups excluding tert-OH is 1. The Bertz CT molecular complexity index is 1040. The van der Waals surface area contributed by atoms with E-state index in [2.05, 4.69) is 9.97 Å². The molecule has 0 spiro atoms. The maximum absolute atomic E-state index is 11.1. The van der Waals surface area contributed by atoms with Crippen molar-refractivity contribution in [2.24, 2.45) is 0 Å². The predicted molar refractivity (Wildman–Crippen MR) is 109 cm³/mol. The number of rotatable bonds is 6. The number of pyridine rings is 1. The first-order chi connectivity index (χ1) is 13.7. The van der Waals surface area contributed by atoms with Crippen molar-refractivity contribution in [1.82, 2.24) is 9.97 Å². The van der Waals surface area contributed by atoms with Crippen LogP contribution in [-0.4, -0.2) is 22.2 Å². The Morgan fingerprint density at radius 2 is 2.07 bits per heavy atom. The van der Waals surface area contributed by atoms with E-state index in [0.717, 1.165) is 34.2 Å². The summed E-state index contributed by atoms with van der Waals surface area (Å²) in [5.41, 5.74) is 3.35. The SMILES string of the molecule is COC1=C(C(O)c2c[nH]c3ncccc23)CCC=C1OCc1ccc(Cl)cc1. The van der Waals surface area contributed by atoms with E-state index in [-0.39, 0.29) is 0 Å². The second-order valence-electron chi connectivity index (χ2n) is 6.63. The fourth-order valence-corrected chi connectivity index (χ4v) is 3.60. The minimum absolute atomic E-state index is 0.399. The fraction of sp³-hybridized carbons (Fsp3) is 0.227. The van der Waals surface area contributed by atoms with Crippen molar-refractivity contribution >= 4 is 22.6 Å². The van der Waals surface area contributed by atoms with E-state index in [1.165, 1.54) is 0 Å². The van der Waals surface area contributed by atoms with Crippen LogP contribution in [0.15, 0.2) is 72.0 Å². The number of ether oxygens (including phenoxy) is 2. The number of halogens is 1. The molecule has 0 aliphatic heterocycles. The second kappa shape index (κ2) is 8.09. The highest BCUT2D eigenvalue weighted by Crippen LogP contribution is 2.37. The molecular formula is C22H21ClN2O3. The van der Waals surface area contributed by atoms with Gasteiger partial charge in [-0.2, -0.15) is 0 Å². The number of methoxy groups -OCH3 is 1. The summed E-state index contributed by atoms with van der Waals surface area (Å²) in [4.78, 5) is 7.41. The van der Waals surface area contributed by atoms with Crippen LogP contribution in [0.1, 0.15) is 30.1 Å². The first kappa shape index (κ1) is 18.6. The molecule has 28 heavy (non-hydrogen) atoms. The lowest BCUT2D eigenvalue weighted by Crippen LogP contribution is -2.12. The number of hydrogen-bond donors (Lipinski definition) is 2. The molecule has 144 valence electrons. The van der Waals surface area contributed by atoms with Crippen LogP contribution in [0.25, 0.3) is 11.0 Å². The molecule has 0 saturated carbocycles. The van der Waals surface area contributed by atoms with Crippen LogP contribution in [0.3, 0.4) is 0 Å². The van der Waals surface area contributed by atoms with Gasteiger partial charge < -0.3 is 19.6 Å². The predicted octanol–water partition coefficient (Wildman–Crippen LogP) is 5.04. The van der Waals surface area contributed by atoms with E-state index in [9.17, 15) is 5.11 Å². The monoisotopic (exact) mass is 396 g/mol.